The van der Waals surface area contributed by atoms with E-state index in [-0.39, 0.29) is 96.1 Å². The van der Waals surface area contributed by atoms with Gasteiger partial charge < -0.3 is 40.6 Å². The third kappa shape index (κ3) is 6.74. The minimum atomic E-state index is -0.341. The van der Waals surface area contributed by atoms with Crippen LogP contribution in [-0.4, -0.2) is 68.5 Å². The van der Waals surface area contributed by atoms with Crippen LogP contribution in [0.4, 0.5) is 0 Å². The van der Waals surface area contributed by atoms with Gasteiger partial charge in [0.1, 0.15) is 0 Å². The number of aliphatic hydroxyl groups is 2. The van der Waals surface area contributed by atoms with Crippen molar-refractivity contribution in [1.29, 1.82) is 0 Å². The van der Waals surface area contributed by atoms with Gasteiger partial charge in [0.2, 0.25) is 11.8 Å². The molecule has 6 aliphatic rings. The minimum Gasteiger partial charge on any atom is -0.396 e. The molecule has 2 saturated carbocycles. The largest absolute Gasteiger partial charge is 0.396 e. The van der Waals surface area contributed by atoms with E-state index in [1.807, 2.05) is 62.4 Å². The molecule has 280 valence electrons. The highest BCUT2D eigenvalue weighted by atomic mass is 16.3. The van der Waals surface area contributed by atoms with Gasteiger partial charge in [0.05, 0.1) is 23.9 Å². The summed E-state index contributed by atoms with van der Waals surface area (Å²) in [7, 11) is 0. The Morgan fingerprint density at radius 1 is 0.692 bits per heavy atom. The normalized spacial score (nSPS) is 30.7. The number of carbonyl (C=O) groups excluding carboxylic acids is 2. The van der Waals surface area contributed by atoms with Crippen molar-refractivity contribution in [3.8, 4) is 0 Å². The van der Waals surface area contributed by atoms with Gasteiger partial charge in [-0.05, 0) is 63.8 Å². The van der Waals surface area contributed by atoms with Crippen LogP contribution < -0.4 is 32.4 Å². The third-order valence-electron chi connectivity index (χ3n) is 12.5. The van der Waals surface area contributed by atoms with Gasteiger partial charge in [-0.15, -0.1) is 0 Å². The van der Waals surface area contributed by atoms with Gasteiger partial charge in [0.15, 0.2) is 0 Å². The quantitative estimate of drug-likeness (QED) is 0.243. The van der Waals surface area contributed by atoms with E-state index in [1.54, 1.807) is 9.13 Å². The van der Waals surface area contributed by atoms with Crippen LogP contribution in [0.15, 0.2) is 46.0 Å². The molecule has 2 aromatic rings. The monoisotopic (exact) mass is 714 g/mol. The van der Waals surface area contributed by atoms with Gasteiger partial charge in [-0.1, -0.05) is 50.0 Å². The lowest BCUT2D eigenvalue weighted by Gasteiger charge is -2.28. The van der Waals surface area contributed by atoms with Gasteiger partial charge in [0, 0.05) is 84.8 Å². The Morgan fingerprint density at radius 2 is 1.08 bits per heavy atom. The minimum absolute atomic E-state index is 0.00868. The van der Waals surface area contributed by atoms with Crippen molar-refractivity contribution in [3.63, 3.8) is 0 Å². The van der Waals surface area contributed by atoms with E-state index in [2.05, 4.69) is 21.3 Å². The summed E-state index contributed by atoms with van der Waals surface area (Å²) in [5, 5.41) is 33.3. The van der Waals surface area contributed by atoms with E-state index in [1.165, 1.54) is 0 Å². The Hall–Kier alpha value is -3.84. The molecular weight excluding hydrogens is 660 g/mol. The maximum atomic E-state index is 13.0. The number of nitrogens with one attached hydrogen (secondary N) is 4. The second-order valence-corrected chi connectivity index (χ2v) is 15.5. The molecule has 0 spiro atoms. The van der Waals surface area contributed by atoms with Crippen LogP contribution in [-0.2, 0) is 22.7 Å². The lowest BCUT2D eigenvalue weighted by molar-refractivity contribution is -0.128. The number of pyridine rings is 2. The van der Waals surface area contributed by atoms with Crippen LogP contribution in [0.3, 0.4) is 0 Å². The Labute approximate surface area is 304 Å². The summed E-state index contributed by atoms with van der Waals surface area (Å²) >= 11 is 0. The summed E-state index contributed by atoms with van der Waals surface area (Å²) in [6.45, 7) is 4.66. The average Bonchev–Trinajstić information content (AvgIpc) is 3.95. The highest BCUT2D eigenvalue weighted by Gasteiger charge is 2.52. The average molecular weight is 715 g/mol. The number of rotatable bonds is 8. The smallest absolute Gasteiger partial charge is 0.258 e. The number of aliphatic hydroxyl groups excluding tert-OH is 2. The Kier molecular flexibility index (Phi) is 11.0. The second-order valence-electron chi connectivity index (χ2n) is 15.5. The first-order chi connectivity index (χ1) is 25.3. The highest BCUT2D eigenvalue weighted by Crippen LogP contribution is 2.42. The van der Waals surface area contributed by atoms with Crippen LogP contribution in [0.25, 0.3) is 12.2 Å². The van der Waals surface area contributed by atoms with E-state index in [4.69, 9.17) is 0 Å². The first-order valence-electron chi connectivity index (χ1n) is 19.3. The summed E-state index contributed by atoms with van der Waals surface area (Å²) in [5.41, 5.74) is 2.97. The molecule has 2 amide bonds. The molecule has 4 bridgehead atoms. The van der Waals surface area contributed by atoms with E-state index in [9.17, 15) is 29.4 Å². The van der Waals surface area contributed by atoms with Gasteiger partial charge in [-0.3, -0.25) is 19.2 Å². The number of aromatic nitrogens is 2. The number of hydrogen-bond donors (Lipinski definition) is 6. The fourth-order valence-electron chi connectivity index (χ4n) is 9.88. The lowest BCUT2D eigenvalue weighted by atomic mass is 9.86. The standard InChI is InChI=1S/2C20H27N3O3/c2*1-2-5-12-8-9-16-18-17(19(25)21-13-6-3-4-7-13)14(11-24)15(22-18)10-23(16)20(12)26/h2*2,5,8-9,13-15,17-18,22,24H,3-4,6-7,10-11H2,1H3,(H,21,25)/b5-2+;5-2-/t2*14-,15-,17+,18+/m00/s1. The van der Waals surface area contributed by atoms with Crippen LogP contribution in [0, 0.1) is 23.7 Å². The van der Waals surface area contributed by atoms with Gasteiger partial charge in [0.25, 0.3) is 11.1 Å². The molecular formula is C40H54N6O6. The van der Waals surface area contributed by atoms with Gasteiger partial charge in [-0.2, -0.15) is 0 Å². The Bertz CT molecular complexity index is 1690. The molecule has 0 aromatic carbocycles. The zero-order chi connectivity index (χ0) is 36.5. The third-order valence-corrected chi connectivity index (χ3v) is 12.5. The summed E-state index contributed by atoms with van der Waals surface area (Å²) in [6, 6.07) is 7.48. The van der Waals surface area contributed by atoms with Crippen molar-refractivity contribution in [3.05, 3.63) is 79.6 Å². The summed E-state index contributed by atoms with van der Waals surface area (Å²) in [5.74, 6) is -1.02. The number of nitrogens with zero attached hydrogens (tertiary/aromatic N) is 2. The summed E-state index contributed by atoms with van der Waals surface area (Å²) in [6.07, 6.45) is 16.1. The molecule has 2 saturated heterocycles. The number of fused-ring (bicyclic) bond motifs is 8. The molecule has 2 aromatic heterocycles. The van der Waals surface area contributed by atoms with Crippen LogP contribution in [0.5, 0.6) is 0 Å². The molecule has 12 heteroatoms. The Morgan fingerprint density at radius 3 is 1.42 bits per heavy atom. The maximum absolute atomic E-state index is 13.0. The predicted octanol–water partition coefficient (Wildman–Crippen LogP) is 2.38. The molecule has 6 N–H and O–H groups in total. The molecule has 8 rings (SSSR count). The zero-order valence-corrected chi connectivity index (χ0v) is 30.3. The summed E-state index contributed by atoms with van der Waals surface area (Å²) in [4.78, 5) is 51.6. The predicted molar refractivity (Wildman–Crippen MR) is 199 cm³/mol. The molecule has 4 aliphatic heterocycles. The molecule has 8 atom stereocenters. The van der Waals surface area contributed by atoms with Crippen molar-refractivity contribution in [1.82, 2.24) is 30.4 Å². The zero-order valence-electron chi connectivity index (χ0n) is 30.3. The fourth-order valence-corrected chi connectivity index (χ4v) is 9.88. The van der Waals surface area contributed by atoms with Crippen LogP contribution in [0.1, 0.15) is 99.8 Å². The van der Waals surface area contributed by atoms with Crippen molar-refractivity contribution in [2.75, 3.05) is 13.2 Å². The molecule has 12 nitrogen and oxygen atoms in total. The van der Waals surface area contributed by atoms with Gasteiger partial charge in [-0.25, -0.2) is 0 Å². The van der Waals surface area contributed by atoms with Gasteiger partial charge >= 0.3 is 0 Å². The fraction of sp³-hybridized carbons (Fsp3) is 0.600. The highest BCUT2D eigenvalue weighted by molar-refractivity contribution is 5.81. The van der Waals surface area contributed by atoms with E-state index < -0.39 is 0 Å². The van der Waals surface area contributed by atoms with Crippen molar-refractivity contribution < 1.29 is 19.8 Å². The van der Waals surface area contributed by atoms with Crippen molar-refractivity contribution in [2.24, 2.45) is 23.7 Å². The number of allylic oxidation sites excluding steroid dienone is 2. The molecule has 6 heterocycles. The van der Waals surface area contributed by atoms with Crippen molar-refractivity contribution in [2.45, 2.75) is 115 Å². The molecule has 4 fully saturated rings. The SMILES string of the molecule is C/C=C/c1ccc2n(c1=O)C[C@@H]1N[C@H]2[C@H](C(=O)NC2CCCC2)[C@H]1CO.C/C=C\c1ccc2n(c1=O)C[C@@H]1N[C@H]2[C@H](C(=O)NC2CCCC2)[C@H]1CO. The number of carbonyl (C=O) groups is 2. The molecule has 2 aliphatic carbocycles. The second kappa shape index (κ2) is 15.6. The van der Waals surface area contributed by atoms with Crippen LogP contribution in [0.2, 0.25) is 0 Å². The van der Waals surface area contributed by atoms with Crippen LogP contribution >= 0.6 is 0 Å². The molecule has 52 heavy (non-hydrogen) atoms. The Balaban J connectivity index is 0.000000162. The maximum Gasteiger partial charge on any atom is 0.258 e. The van der Waals surface area contributed by atoms with E-state index in [0.717, 1.165) is 62.8 Å². The van der Waals surface area contributed by atoms with E-state index in [0.29, 0.717) is 24.2 Å². The topological polar surface area (TPSA) is 167 Å². The number of amides is 2. The van der Waals surface area contributed by atoms with Crippen molar-refractivity contribution >= 4 is 24.0 Å². The summed E-state index contributed by atoms with van der Waals surface area (Å²) < 4.78 is 3.57. The first-order valence-corrected chi connectivity index (χ1v) is 19.3. The molecule has 0 unspecified atom stereocenters. The lowest BCUT2D eigenvalue weighted by Crippen LogP contribution is -2.44. The number of hydrogen-bond acceptors (Lipinski definition) is 8. The first kappa shape index (κ1) is 36.5. The van der Waals surface area contributed by atoms with E-state index >= 15 is 0 Å². The molecule has 0 radical (unpaired) electrons.